The van der Waals surface area contributed by atoms with E-state index in [2.05, 4.69) is 10.1 Å². The van der Waals surface area contributed by atoms with Crippen molar-refractivity contribution >= 4 is 5.69 Å². The monoisotopic (exact) mass is 231 g/mol. The number of hydrogen-bond acceptors (Lipinski definition) is 3. The topological polar surface area (TPSA) is 41.5 Å². The summed E-state index contributed by atoms with van der Waals surface area (Å²) in [5.74, 6) is -1.43. The highest BCUT2D eigenvalue weighted by atomic mass is 19.1. The second-order valence-electron chi connectivity index (χ2n) is 4.13. The molecule has 0 aromatic heterocycles. The molecule has 0 aliphatic heterocycles. The van der Waals surface area contributed by atoms with Crippen LogP contribution >= 0.6 is 0 Å². The molecule has 0 saturated heterocycles. The zero-order valence-corrected chi connectivity index (χ0v) is 9.47. The van der Waals surface area contributed by atoms with Crippen LogP contribution < -0.4 is 10.1 Å². The van der Waals surface area contributed by atoms with Gasteiger partial charge in [-0.15, -0.1) is 0 Å². The number of anilines is 1. The molecule has 16 heavy (non-hydrogen) atoms. The average Bonchev–Trinajstić information content (AvgIpc) is 2.22. The SMILES string of the molecule is COc1cc(F)c(NC(C)(C)CO)cc1F. The van der Waals surface area contributed by atoms with E-state index in [1.165, 1.54) is 7.11 Å². The molecule has 0 aliphatic rings. The van der Waals surface area contributed by atoms with Crippen LogP contribution in [0.1, 0.15) is 13.8 Å². The fraction of sp³-hybridized carbons (Fsp3) is 0.455. The Morgan fingerprint density at radius 3 is 2.44 bits per heavy atom. The first-order valence-electron chi connectivity index (χ1n) is 4.81. The molecule has 1 rings (SSSR count). The van der Waals surface area contributed by atoms with Gasteiger partial charge < -0.3 is 15.2 Å². The van der Waals surface area contributed by atoms with E-state index in [0.717, 1.165) is 12.1 Å². The first kappa shape index (κ1) is 12.7. The molecule has 3 nitrogen and oxygen atoms in total. The third-order valence-electron chi connectivity index (χ3n) is 2.11. The summed E-state index contributed by atoms with van der Waals surface area (Å²) in [4.78, 5) is 0. The predicted octanol–water partition coefficient (Wildman–Crippen LogP) is 2.16. The number of rotatable bonds is 4. The van der Waals surface area contributed by atoms with Crippen molar-refractivity contribution in [3.8, 4) is 5.75 Å². The highest BCUT2D eigenvalue weighted by Crippen LogP contribution is 2.26. The molecule has 0 spiro atoms. The molecule has 0 atom stereocenters. The summed E-state index contributed by atoms with van der Waals surface area (Å²) in [6, 6.07) is 1.97. The molecule has 0 radical (unpaired) electrons. The van der Waals surface area contributed by atoms with Gasteiger partial charge in [-0.3, -0.25) is 0 Å². The van der Waals surface area contributed by atoms with Gasteiger partial charge in [-0.05, 0) is 13.8 Å². The average molecular weight is 231 g/mol. The molecule has 90 valence electrons. The number of aliphatic hydroxyl groups excluding tert-OH is 1. The number of halogens is 2. The van der Waals surface area contributed by atoms with Gasteiger partial charge in [-0.1, -0.05) is 0 Å². The Balaban J connectivity index is 3.02. The predicted molar refractivity (Wildman–Crippen MR) is 57.7 cm³/mol. The third-order valence-corrected chi connectivity index (χ3v) is 2.11. The zero-order valence-electron chi connectivity index (χ0n) is 9.47. The van der Waals surface area contributed by atoms with Crippen molar-refractivity contribution in [2.45, 2.75) is 19.4 Å². The summed E-state index contributed by atoms with van der Waals surface area (Å²) in [5.41, 5.74) is -0.723. The van der Waals surface area contributed by atoms with Crippen LogP contribution in [0.15, 0.2) is 12.1 Å². The number of methoxy groups -OCH3 is 1. The fourth-order valence-electron chi connectivity index (χ4n) is 1.18. The maximum absolute atomic E-state index is 13.5. The molecule has 2 N–H and O–H groups in total. The fourth-order valence-corrected chi connectivity index (χ4v) is 1.18. The minimum atomic E-state index is -0.720. The van der Waals surface area contributed by atoms with E-state index in [1.807, 2.05) is 0 Å². The van der Waals surface area contributed by atoms with Crippen molar-refractivity contribution in [1.29, 1.82) is 0 Å². The third kappa shape index (κ3) is 2.82. The summed E-state index contributed by atoms with van der Waals surface area (Å²) >= 11 is 0. The first-order chi connectivity index (χ1) is 7.39. The number of ether oxygens (including phenoxy) is 1. The summed E-state index contributed by atoms with van der Waals surface area (Å²) in [7, 11) is 1.27. The molecular weight excluding hydrogens is 216 g/mol. The first-order valence-corrected chi connectivity index (χ1v) is 4.81. The molecule has 0 bridgehead atoms. The van der Waals surface area contributed by atoms with Gasteiger partial charge in [0.15, 0.2) is 11.6 Å². The second kappa shape index (κ2) is 4.65. The van der Waals surface area contributed by atoms with E-state index >= 15 is 0 Å². The number of nitrogens with one attached hydrogen (secondary N) is 1. The Labute approximate surface area is 93.0 Å². The quantitative estimate of drug-likeness (QED) is 0.834. The maximum Gasteiger partial charge on any atom is 0.167 e. The number of aliphatic hydroxyl groups is 1. The molecule has 5 heteroatoms. The highest BCUT2D eigenvalue weighted by molar-refractivity contribution is 5.50. The van der Waals surface area contributed by atoms with Crippen molar-refractivity contribution in [2.24, 2.45) is 0 Å². The van der Waals surface area contributed by atoms with Gasteiger partial charge in [0.05, 0.1) is 24.9 Å². The molecule has 0 heterocycles. The van der Waals surface area contributed by atoms with Crippen LogP contribution in [0.4, 0.5) is 14.5 Å². The summed E-state index contributed by atoms with van der Waals surface area (Å²) in [6.45, 7) is 3.16. The minimum Gasteiger partial charge on any atom is -0.494 e. The van der Waals surface area contributed by atoms with Gasteiger partial charge in [-0.25, -0.2) is 8.78 Å². The highest BCUT2D eigenvalue weighted by Gasteiger charge is 2.19. The van der Waals surface area contributed by atoms with Crippen LogP contribution in [0, 0.1) is 11.6 Å². The molecule has 0 saturated carbocycles. The van der Waals surface area contributed by atoms with Gasteiger partial charge in [0, 0.05) is 12.1 Å². The Hall–Kier alpha value is -1.36. The maximum atomic E-state index is 13.5. The Morgan fingerprint density at radius 2 is 1.94 bits per heavy atom. The Kier molecular flexibility index (Phi) is 3.70. The molecule has 0 aliphatic carbocycles. The van der Waals surface area contributed by atoms with Gasteiger partial charge >= 0.3 is 0 Å². The lowest BCUT2D eigenvalue weighted by Crippen LogP contribution is -2.35. The van der Waals surface area contributed by atoms with Gasteiger partial charge in [0.25, 0.3) is 0 Å². The van der Waals surface area contributed by atoms with Gasteiger partial charge in [0.1, 0.15) is 5.82 Å². The van der Waals surface area contributed by atoms with Crippen LogP contribution in [0.3, 0.4) is 0 Å². The van der Waals surface area contributed by atoms with E-state index in [-0.39, 0.29) is 18.0 Å². The summed E-state index contributed by atoms with van der Waals surface area (Å²) < 4.78 is 31.5. The van der Waals surface area contributed by atoms with Crippen molar-refractivity contribution in [2.75, 3.05) is 19.0 Å². The van der Waals surface area contributed by atoms with E-state index < -0.39 is 17.2 Å². The number of hydrogen-bond donors (Lipinski definition) is 2. The molecule has 1 aromatic rings. The zero-order chi connectivity index (χ0) is 12.3. The van der Waals surface area contributed by atoms with Crippen molar-refractivity contribution in [3.05, 3.63) is 23.8 Å². The minimum absolute atomic E-state index is 0.00245. The van der Waals surface area contributed by atoms with Crippen LogP contribution in [-0.2, 0) is 0 Å². The standard InChI is InChI=1S/C11H15F2NO2/c1-11(2,6-15)14-9-4-8(13)10(16-3)5-7(9)12/h4-5,14-15H,6H2,1-3H3. The summed E-state index contributed by atoms with van der Waals surface area (Å²) in [6.07, 6.45) is 0. The summed E-state index contributed by atoms with van der Waals surface area (Å²) in [5, 5.41) is 11.7. The molecular formula is C11H15F2NO2. The van der Waals surface area contributed by atoms with E-state index in [0.29, 0.717) is 0 Å². The largest absolute Gasteiger partial charge is 0.494 e. The van der Waals surface area contributed by atoms with Crippen molar-refractivity contribution in [1.82, 2.24) is 0 Å². The Bertz CT molecular complexity index is 380. The number of benzene rings is 1. The lowest BCUT2D eigenvalue weighted by molar-refractivity contribution is 0.233. The lowest BCUT2D eigenvalue weighted by Gasteiger charge is -2.25. The normalized spacial score (nSPS) is 11.4. The molecule has 0 fully saturated rings. The smallest absolute Gasteiger partial charge is 0.167 e. The van der Waals surface area contributed by atoms with Crippen LogP contribution in [0.5, 0.6) is 5.75 Å². The molecule has 1 aromatic carbocycles. The van der Waals surface area contributed by atoms with Crippen LogP contribution in [-0.4, -0.2) is 24.4 Å². The van der Waals surface area contributed by atoms with Crippen LogP contribution in [0.2, 0.25) is 0 Å². The van der Waals surface area contributed by atoms with E-state index in [1.54, 1.807) is 13.8 Å². The molecule has 0 unspecified atom stereocenters. The second-order valence-corrected chi connectivity index (χ2v) is 4.13. The van der Waals surface area contributed by atoms with E-state index in [9.17, 15) is 8.78 Å². The van der Waals surface area contributed by atoms with Crippen LogP contribution in [0.25, 0.3) is 0 Å². The van der Waals surface area contributed by atoms with Crippen molar-refractivity contribution < 1.29 is 18.6 Å². The van der Waals surface area contributed by atoms with Gasteiger partial charge in [0.2, 0.25) is 0 Å². The Morgan fingerprint density at radius 1 is 1.31 bits per heavy atom. The van der Waals surface area contributed by atoms with Crippen molar-refractivity contribution in [3.63, 3.8) is 0 Å². The van der Waals surface area contributed by atoms with Gasteiger partial charge in [-0.2, -0.15) is 0 Å². The van der Waals surface area contributed by atoms with E-state index in [4.69, 9.17) is 5.11 Å². The lowest BCUT2D eigenvalue weighted by atomic mass is 10.1. The molecule has 0 amide bonds.